The topological polar surface area (TPSA) is 64.1 Å². The summed E-state index contributed by atoms with van der Waals surface area (Å²) in [6.07, 6.45) is -2.80. The molecule has 1 amide bonds. The van der Waals surface area contributed by atoms with E-state index < -0.39 is 18.7 Å². The second kappa shape index (κ2) is 6.20. The van der Waals surface area contributed by atoms with Gasteiger partial charge in [0.15, 0.2) is 6.61 Å². The minimum absolute atomic E-state index is 0.111. The molecule has 0 aliphatic heterocycles. The fourth-order valence-corrected chi connectivity index (χ4v) is 1.99. The van der Waals surface area contributed by atoms with Crippen molar-refractivity contribution in [3.8, 4) is 0 Å². The van der Waals surface area contributed by atoms with E-state index in [1.807, 2.05) is 0 Å². The fourth-order valence-electron chi connectivity index (χ4n) is 1.32. The van der Waals surface area contributed by atoms with Crippen LogP contribution in [0.3, 0.4) is 0 Å². The van der Waals surface area contributed by atoms with Gasteiger partial charge in [0.2, 0.25) is 0 Å². The Hall–Kier alpha value is -1.35. The summed E-state index contributed by atoms with van der Waals surface area (Å²) >= 11 is 1.20. The highest BCUT2D eigenvalue weighted by molar-refractivity contribution is 7.98. The molecule has 0 aliphatic carbocycles. The van der Waals surface area contributed by atoms with Gasteiger partial charge < -0.3 is 0 Å². The lowest BCUT2D eigenvalue weighted by atomic mass is 10.2. The molecular weight excluding hydrogens is 283 g/mol. The molecule has 19 heavy (non-hydrogen) atoms. The number of nitrogens with zero attached hydrogens (tertiary/aromatic N) is 2. The van der Waals surface area contributed by atoms with Gasteiger partial charge in [-0.25, -0.2) is 15.4 Å². The van der Waals surface area contributed by atoms with Crippen LogP contribution in [0.1, 0.15) is 21.9 Å². The molecule has 0 saturated carbocycles. The number of carbonyl (C=O) groups excluding carboxylic acids is 1. The van der Waals surface area contributed by atoms with Crippen LogP contribution in [0.15, 0.2) is 5.03 Å². The van der Waals surface area contributed by atoms with Crippen molar-refractivity contribution in [1.29, 1.82) is 0 Å². The third-order valence-corrected chi connectivity index (χ3v) is 2.67. The second-order valence-electron chi connectivity index (χ2n) is 3.58. The predicted octanol–water partition coefficient (Wildman–Crippen LogP) is 2.04. The molecule has 0 saturated heterocycles. The Bertz CT molecular complexity index is 480. The number of alkyl halides is 3. The zero-order valence-electron chi connectivity index (χ0n) is 10.5. The second-order valence-corrected chi connectivity index (χ2v) is 4.37. The lowest BCUT2D eigenvalue weighted by Gasteiger charge is -2.11. The first kappa shape index (κ1) is 15.7. The normalized spacial score (nSPS) is 11.5. The first-order valence-corrected chi connectivity index (χ1v) is 6.35. The Morgan fingerprint density at radius 3 is 2.53 bits per heavy atom. The molecule has 106 valence electrons. The van der Waals surface area contributed by atoms with Gasteiger partial charge in [0.1, 0.15) is 10.9 Å². The Morgan fingerprint density at radius 1 is 1.37 bits per heavy atom. The van der Waals surface area contributed by atoms with Gasteiger partial charge in [-0.05, 0) is 20.1 Å². The van der Waals surface area contributed by atoms with E-state index in [2.05, 4.69) is 14.8 Å². The van der Waals surface area contributed by atoms with Crippen LogP contribution in [0.25, 0.3) is 0 Å². The molecule has 5 nitrogen and oxygen atoms in total. The molecule has 1 aromatic rings. The number of halogens is 3. The molecule has 0 unspecified atom stereocenters. The van der Waals surface area contributed by atoms with Gasteiger partial charge in [0, 0.05) is 0 Å². The number of amides is 1. The average molecular weight is 295 g/mol. The molecule has 1 aromatic heterocycles. The summed E-state index contributed by atoms with van der Waals surface area (Å²) in [6, 6.07) is 0. The van der Waals surface area contributed by atoms with E-state index in [0.29, 0.717) is 16.5 Å². The first-order valence-electron chi connectivity index (χ1n) is 5.12. The van der Waals surface area contributed by atoms with Crippen LogP contribution in [-0.2, 0) is 4.84 Å². The SMILES string of the molecule is CSc1nc(C)nc(C)c1C(=O)NOCC(F)(F)F. The summed E-state index contributed by atoms with van der Waals surface area (Å²) in [6.45, 7) is 1.68. The van der Waals surface area contributed by atoms with Gasteiger partial charge in [-0.2, -0.15) is 13.2 Å². The number of carbonyl (C=O) groups is 1. The maximum absolute atomic E-state index is 11.9. The molecule has 1 rings (SSSR count). The third-order valence-electron chi connectivity index (χ3n) is 1.99. The van der Waals surface area contributed by atoms with E-state index in [1.165, 1.54) is 11.8 Å². The number of nitrogens with one attached hydrogen (secondary N) is 1. The molecule has 0 spiro atoms. The predicted molar refractivity (Wildman–Crippen MR) is 62.8 cm³/mol. The summed E-state index contributed by atoms with van der Waals surface area (Å²) in [5.41, 5.74) is 2.23. The van der Waals surface area contributed by atoms with Crippen molar-refractivity contribution in [2.75, 3.05) is 12.9 Å². The van der Waals surface area contributed by atoms with Crippen molar-refractivity contribution in [3.05, 3.63) is 17.1 Å². The molecule has 0 atom stereocenters. The highest BCUT2D eigenvalue weighted by atomic mass is 32.2. The minimum atomic E-state index is -4.51. The maximum Gasteiger partial charge on any atom is 0.414 e. The summed E-state index contributed by atoms with van der Waals surface area (Å²) < 4.78 is 35.6. The van der Waals surface area contributed by atoms with Gasteiger partial charge in [0.25, 0.3) is 5.91 Å². The Balaban J connectivity index is 2.82. The van der Waals surface area contributed by atoms with Crippen LogP contribution in [0.4, 0.5) is 13.2 Å². The van der Waals surface area contributed by atoms with Crippen LogP contribution in [0.2, 0.25) is 0 Å². The van der Waals surface area contributed by atoms with Crippen molar-refractivity contribution in [3.63, 3.8) is 0 Å². The monoisotopic (exact) mass is 295 g/mol. The molecule has 1 N–H and O–H groups in total. The number of hydrogen-bond donors (Lipinski definition) is 1. The number of hydroxylamine groups is 1. The van der Waals surface area contributed by atoms with Crippen LogP contribution in [0.5, 0.6) is 0 Å². The van der Waals surface area contributed by atoms with Crippen molar-refractivity contribution < 1.29 is 22.8 Å². The number of rotatable bonds is 4. The fraction of sp³-hybridized carbons (Fsp3) is 0.500. The van der Waals surface area contributed by atoms with Crippen molar-refractivity contribution in [2.45, 2.75) is 25.0 Å². The molecule has 0 bridgehead atoms. The molecule has 0 fully saturated rings. The van der Waals surface area contributed by atoms with E-state index in [0.717, 1.165) is 0 Å². The Kier molecular flexibility index (Phi) is 5.12. The zero-order chi connectivity index (χ0) is 14.6. The van der Waals surface area contributed by atoms with Crippen molar-refractivity contribution in [2.24, 2.45) is 0 Å². The highest BCUT2D eigenvalue weighted by Crippen LogP contribution is 2.20. The van der Waals surface area contributed by atoms with E-state index in [9.17, 15) is 18.0 Å². The largest absolute Gasteiger partial charge is 0.414 e. The molecule has 0 aromatic carbocycles. The van der Waals surface area contributed by atoms with Crippen LogP contribution in [-0.4, -0.2) is 34.9 Å². The minimum Gasteiger partial charge on any atom is -0.267 e. The van der Waals surface area contributed by atoms with Crippen molar-refractivity contribution in [1.82, 2.24) is 15.4 Å². The van der Waals surface area contributed by atoms with Crippen LogP contribution >= 0.6 is 11.8 Å². The molecule has 0 aliphatic rings. The summed E-state index contributed by atoms with van der Waals surface area (Å²) in [5, 5.41) is 0.387. The smallest absolute Gasteiger partial charge is 0.267 e. The Morgan fingerprint density at radius 2 is 2.00 bits per heavy atom. The summed E-state index contributed by atoms with van der Waals surface area (Å²) in [7, 11) is 0. The Labute approximate surface area is 111 Å². The van der Waals surface area contributed by atoms with Gasteiger partial charge in [-0.3, -0.25) is 9.63 Å². The average Bonchev–Trinajstić information content (AvgIpc) is 2.25. The number of aryl methyl sites for hydroxylation is 2. The van der Waals surface area contributed by atoms with Gasteiger partial charge in [-0.15, -0.1) is 11.8 Å². The van der Waals surface area contributed by atoms with E-state index >= 15 is 0 Å². The van der Waals surface area contributed by atoms with Gasteiger partial charge >= 0.3 is 6.18 Å². The van der Waals surface area contributed by atoms with E-state index in [-0.39, 0.29) is 5.56 Å². The quantitative estimate of drug-likeness (QED) is 0.523. The van der Waals surface area contributed by atoms with E-state index in [4.69, 9.17) is 0 Å². The van der Waals surface area contributed by atoms with Crippen molar-refractivity contribution >= 4 is 17.7 Å². The maximum atomic E-state index is 11.9. The standard InChI is InChI=1S/C10H12F3N3O2S/c1-5-7(9(19-3)15-6(2)14-5)8(17)16-18-4-10(11,12)13/h4H2,1-3H3,(H,16,17). The van der Waals surface area contributed by atoms with Crippen LogP contribution < -0.4 is 5.48 Å². The number of aromatic nitrogens is 2. The molecule has 0 radical (unpaired) electrons. The molecular formula is C10H12F3N3O2S. The van der Waals surface area contributed by atoms with Gasteiger partial charge in [-0.1, -0.05) is 0 Å². The zero-order valence-corrected chi connectivity index (χ0v) is 11.3. The lowest BCUT2D eigenvalue weighted by Crippen LogP contribution is -2.30. The highest BCUT2D eigenvalue weighted by Gasteiger charge is 2.28. The molecule has 9 heteroatoms. The number of thioether (sulfide) groups is 1. The molecule has 1 heterocycles. The summed E-state index contributed by atoms with van der Waals surface area (Å²) in [4.78, 5) is 23.9. The number of hydrogen-bond acceptors (Lipinski definition) is 5. The first-order chi connectivity index (χ1) is 8.74. The van der Waals surface area contributed by atoms with Gasteiger partial charge in [0.05, 0.1) is 11.3 Å². The van der Waals surface area contributed by atoms with E-state index in [1.54, 1.807) is 25.6 Å². The lowest BCUT2D eigenvalue weighted by molar-refractivity contribution is -0.184. The third kappa shape index (κ3) is 4.67. The van der Waals surface area contributed by atoms with Crippen LogP contribution in [0, 0.1) is 13.8 Å². The summed E-state index contributed by atoms with van der Waals surface area (Å²) in [5.74, 6) is -0.319.